The third-order valence-corrected chi connectivity index (χ3v) is 6.27. The Morgan fingerprint density at radius 2 is 2.10 bits per heavy atom. The molecule has 11 nitrogen and oxygen atoms in total. The molecule has 1 aromatic carbocycles. The number of nitrogens with two attached hydrogens (primary N) is 1. The van der Waals surface area contributed by atoms with E-state index in [0.717, 1.165) is 6.20 Å². The number of para-hydroxylation sites is 1. The number of alkyl halides is 2. The molecule has 0 saturated carbocycles. The Kier molecular flexibility index (Phi) is 5.58. The van der Waals surface area contributed by atoms with E-state index in [1.54, 1.807) is 18.2 Å². The molecule has 168 valence electrons. The molecule has 1 fully saturated rings. The van der Waals surface area contributed by atoms with Gasteiger partial charge in [-0.3, -0.25) is 13.6 Å². The van der Waals surface area contributed by atoms with Crippen LogP contribution < -0.4 is 15.9 Å². The molecule has 1 saturated heterocycles. The number of fused-ring (bicyclic) bond motifs is 1. The first-order valence-corrected chi connectivity index (χ1v) is 10.4. The Morgan fingerprint density at radius 3 is 2.81 bits per heavy atom. The molecule has 0 radical (unpaired) electrons. The summed E-state index contributed by atoms with van der Waals surface area (Å²) in [5.74, 6) is 0.0520. The molecule has 2 aromatic rings. The van der Waals surface area contributed by atoms with Crippen LogP contribution in [0.4, 0.5) is 14.6 Å². The van der Waals surface area contributed by atoms with Gasteiger partial charge in [-0.25, -0.2) is 18.1 Å². The molecule has 2 aliphatic rings. The number of hydrogen-bond acceptors (Lipinski definition) is 10. The van der Waals surface area contributed by atoms with Gasteiger partial charge in [-0.1, -0.05) is 18.2 Å². The van der Waals surface area contributed by atoms with Crippen LogP contribution in [0.2, 0.25) is 0 Å². The lowest BCUT2D eigenvalue weighted by molar-refractivity contribution is -0.194. The minimum atomic E-state index is -4.34. The minimum Gasteiger partial charge on any atom is -0.404 e. The van der Waals surface area contributed by atoms with Crippen molar-refractivity contribution >= 4 is 13.6 Å². The second-order valence-electron chi connectivity index (χ2n) is 6.93. The number of aliphatic hydroxyl groups is 2. The summed E-state index contributed by atoms with van der Waals surface area (Å²) < 4.78 is 62.0. The summed E-state index contributed by atoms with van der Waals surface area (Å²) in [6, 6.07) is 7.65. The van der Waals surface area contributed by atoms with Gasteiger partial charge in [0, 0.05) is 11.8 Å². The summed E-state index contributed by atoms with van der Waals surface area (Å²) in [4.78, 5) is 15.5. The van der Waals surface area contributed by atoms with Crippen molar-refractivity contribution in [2.75, 3.05) is 12.3 Å². The van der Waals surface area contributed by atoms with Gasteiger partial charge in [0.1, 0.15) is 23.8 Å². The van der Waals surface area contributed by atoms with Gasteiger partial charge in [0.2, 0.25) is 0 Å². The van der Waals surface area contributed by atoms with Crippen LogP contribution in [-0.4, -0.2) is 50.6 Å². The van der Waals surface area contributed by atoms with Crippen molar-refractivity contribution < 1.29 is 41.9 Å². The van der Waals surface area contributed by atoms with E-state index >= 15 is 0 Å². The number of aromatic nitrogens is 2. The highest BCUT2D eigenvalue weighted by Crippen LogP contribution is 2.56. The second kappa shape index (κ2) is 7.93. The fraction of sp³-hybridized carbons (Fsp3) is 0.412. The van der Waals surface area contributed by atoms with E-state index in [2.05, 4.69) is 4.98 Å². The van der Waals surface area contributed by atoms with Gasteiger partial charge in [-0.05, 0) is 12.1 Å². The number of ether oxygens (including phenoxy) is 1. The van der Waals surface area contributed by atoms with E-state index < -0.39 is 50.6 Å². The average Bonchev–Trinajstić information content (AvgIpc) is 2.98. The summed E-state index contributed by atoms with van der Waals surface area (Å²) in [6.07, 6.45) is -8.26. The molecule has 5 atom stereocenters. The summed E-state index contributed by atoms with van der Waals surface area (Å²) >= 11 is 0. The highest BCUT2D eigenvalue weighted by molar-refractivity contribution is 7.49. The number of phosphoric ester groups is 1. The van der Waals surface area contributed by atoms with Crippen molar-refractivity contribution in [3.05, 3.63) is 52.6 Å². The molecular formula is C17H18F2N3O8P. The summed E-state index contributed by atoms with van der Waals surface area (Å²) in [7, 11) is -4.34. The summed E-state index contributed by atoms with van der Waals surface area (Å²) in [5.41, 5.74) is 2.13. The molecule has 0 aliphatic carbocycles. The predicted molar refractivity (Wildman–Crippen MR) is 99.2 cm³/mol. The van der Waals surface area contributed by atoms with Crippen LogP contribution in [0.1, 0.15) is 11.8 Å². The first-order chi connectivity index (χ1) is 14.7. The molecule has 1 aromatic heterocycles. The standard InChI is InChI=1S/C17H18F2N3O8P/c18-15(19)17(8-28-31(26)27-7-9-3-1-2-4-10(9)30-31)13(24)12(23)14(29-17)22-6-5-11(20)21-16(22)25/h1-6,12-15,23-24H,7-8H2,(H2,20,21,25)/t12-,13-,14-,17-,31?/m1/s1. The Balaban J connectivity index is 1.58. The third-order valence-electron chi connectivity index (χ3n) is 4.96. The smallest absolute Gasteiger partial charge is 0.404 e. The van der Waals surface area contributed by atoms with Crippen molar-refractivity contribution in [3.63, 3.8) is 0 Å². The lowest BCUT2D eigenvalue weighted by Crippen LogP contribution is -2.52. The van der Waals surface area contributed by atoms with Gasteiger partial charge in [-0.2, -0.15) is 4.98 Å². The molecule has 2 aliphatic heterocycles. The Morgan fingerprint density at radius 1 is 1.35 bits per heavy atom. The number of hydrogen-bond donors (Lipinski definition) is 3. The van der Waals surface area contributed by atoms with Crippen LogP contribution in [0, 0.1) is 0 Å². The van der Waals surface area contributed by atoms with E-state index in [1.807, 2.05) is 0 Å². The predicted octanol–water partition coefficient (Wildman–Crippen LogP) is 0.814. The van der Waals surface area contributed by atoms with Crippen LogP contribution in [-0.2, 0) is 25.0 Å². The van der Waals surface area contributed by atoms with Gasteiger partial charge < -0.3 is 25.2 Å². The maximum atomic E-state index is 14.0. The van der Waals surface area contributed by atoms with Crippen LogP contribution in [0.3, 0.4) is 0 Å². The van der Waals surface area contributed by atoms with Crippen molar-refractivity contribution in [1.82, 2.24) is 9.55 Å². The summed E-state index contributed by atoms with van der Waals surface area (Å²) in [6.45, 7) is -1.33. The van der Waals surface area contributed by atoms with Crippen LogP contribution in [0.5, 0.6) is 5.75 Å². The molecule has 4 N–H and O–H groups in total. The first kappa shape index (κ1) is 21.8. The molecule has 14 heteroatoms. The third kappa shape index (κ3) is 3.84. The van der Waals surface area contributed by atoms with Gasteiger partial charge >= 0.3 is 13.5 Å². The molecule has 3 heterocycles. The lowest BCUT2D eigenvalue weighted by atomic mass is 9.96. The van der Waals surface area contributed by atoms with Crippen LogP contribution in [0.25, 0.3) is 0 Å². The molecule has 31 heavy (non-hydrogen) atoms. The quantitative estimate of drug-likeness (QED) is 0.545. The van der Waals surface area contributed by atoms with Crippen LogP contribution >= 0.6 is 7.82 Å². The molecule has 1 unspecified atom stereocenters. The number of halogens is 2. The Bertz CT molecular complexity index is 1090. The molecular weight excluding hydrogens is 443 g/mol. The maximum Gasteiger partial charge on any atom is 0.530 e. The van der Waals surface area contributed by atoms with Crippen molar-refractivity contribution in [3.8, 4) is 5.75 Å². The number of phosphoric acid groups is 1. The first-order valence-electron chi connectivity index (χ1n) is 8.98. The number of anilines is 1. The molecule has 0 spiro atoms. The molecule has 0 bridgehead atoms. The van der Waals surface area contributed by atoms with E-state index in [4.69, 9.17) is 24.0 Å². The zero-order chi connectivity index (χ0) is 22.4. The van der Waals surface area contributed by atoms with E-state index in [0.29, 0.717) is 10.1 Å². The van der Waals surface area contributed by atoms with Crippen molar-refractivity contribution in [1.29, 1.82) is 0 Å². The highest BCUT2D eigenvalue weighted by atomic mass is 31.2. The summed E-state index contributed by atoms with van der Waals surface area (Å²) in [5, 5.41) is 20.7. The number of nitrogens with zero attached hydrogens (tertiary/aromatic N) is 2. The van der Waals surface area contributed by atoms with Crippen LogP contribution in [0.15, 0.2) is 41.3 Å². The maximum absolute atomic E-state index is 14.0. The zero-order valence-corrected chi connectivity index (χ0v) is 16.6. The normalized spacial score (nSPS) is 32.6. The second-order valence-corrected chi connectivity index (χ2v) is 8.53. The topological polar surface area (TPSA) is 155 Å². The largest absolute Gasteiger partial charge is 0.530 e. The fourth-order valence-corrected chi connectivity index (χ4v) is 4.52. The van der Waals surface area contributed by atoms with Crippen molar-refractivity contribution in [2.45, 2.75) is 37.1 Å². The van der Waals surface area contributed by atoms with Gasteiger partial charge in [-0.15, -0.1) is 0 Å². The molecule has 4 rings (SSSR count). The Hall–Kier alpha value is -2.41. The number of aliphatic hydroxyl groups excluding tert-OH is 2. The number of rotatable bonds is 5. The average molecular weight is 461 g/mol. The van der Waals surface area contributed by atoms with E-state index in [-0.39, 0.29) is 18.2 Å². The lowest BCUT2D eigenvalue weighted by Gasteiger charge is -2.32. The van der Waals surface area contributed by atoms with Crippen molar-refractivity contribution in [2.24, 2.45) is 0 Å². The minimum absolute atomic E-state index is 0.136. The number of benzene rings is 1. The fourth-order valence-electron chi connectivity index (χ4n) is 3.26. The van der Waals surface area contributed by atoms with Gasteiger partial charge in [0.05, 0.1) is 13.2 Å². The highest BCUT2D eigenvalue weighted by Gasteiger charge is 2.61. The molecule has 0 amide bonds. The van der Waals surface area contributed by atoms with E-state index in [9.17, 15) is 28.4 Å². The van der Waals surface area contributed by atoms with Gasteiger partial charge in [0.25, 0.3) is 6.43 Å². The zero-order valence-electron chi connectivity index (χ0n) is 15.7. The SMILES string of the molecule is Nc1ccn([C@@H]2O[C@@](COP3(=O)OCc4ccccc4O3)(C(F)F)[C@H](O)[C@H]2O)c(=O)n1. The Labute approximate surface area is 173 Å². The number of nitrogen functional groups attached to an aromatic ring is 1. The van der Waals surface area contributed by atoms with Gasteiger partial charge in [0.15, 0.2) is 11.8 Å². The monoisotopic (exact) mass is 461 g/mol. The van der Waals surface area contributed by atoms with E-state index in [1.165, 1.54) is 12.1 Å².